The Morgan fingerprint density at radius 2 is 2.09 bits per heavy atom. The number of imidazole rings is 1. The van der Waals surface area contributed by atoms with Crippen LogP contribution in [0.2, 0.25) is 0 Å². The maximum absolute atomic E-state index is 14.1. The molecule has 6 nitrogen and oxygen atoms in total. The maximum Gasteiger partial charge on any atom is 0.347 e. The number of fused-ring (bicyclic) bond motifs is 1. The molecule has 0 spiro atoms. The topological polar surface area (TPSA) is 65.5 Å². The van der Waals surface area contributed by atoms with Gasteiger partial charge in [0.15, 0.2) is 36.7 Å². The molecule has 5 rings (SSSR count). The fourth-order valence-electron chi connectivity index (χ4n) is 4.12. The van der Waals surface area contributed by atoms with Crippen LogP contribution < -0.4 is 4.57 Å². The highest BCUT2D eigenvalue weighted by Gasteiger charge is 2.41. The van der Waals surface area contributed by atoms with Crippen molar-refractivity contribution in [1.82, 2.24) is 9.97 Å². The summed E-state index contributed by atoms with van der Waals surface area (Å²) in [6.45, 7) is 3.45. The van der Waals surface area contributed by atoms with E-state index in [0.29, 0.717) is 17.6 Å². The fraction of sp³-hybridized carbons (Fsp3) is 0.208. The highest BCUT2D eigenvalue weighted by molar-refractivity contribution is 5.92. The Morgan fingerprint density at radius 1 is 1.26 bits per heavy atom. The van der Waals surface area contributed by atoms with Crippen molar-refractivity contribution in [1.29, 1.82) is 0 Å². The van der Waals surface area contributed by atoms with Crippen LogP contribution in [0.4, 0.5) is 22.0 Å². The predicted molar refractivity (Wildman–Crippen MR) is 116 cm³/mol. The summed E-state index contributed by atoms with van der Waals surface area (Å²) in [6.07, 6.45) is 2.24. The largest absolute Gasteiger partial charge is 0.385 e. The van der Waals surface area contributed by atoms with E-state index in [0.717, 1.165) is 12.1 Å². The summed E-state index contributed by atoms with van der Waals surface area (Å²) < 4.78 is 74.9. The van der Waals surface area contributed by atoms with Crippen molar-refractivity contribution in [3.63, 3.8) is 0 Å². The van der Waals surface area contributed by atoms with Crippen molar-refractivity contribution in [3.05, 3.63) is 78.2 Å². The van der Waals surface area contributed by atoms with Gasteiger partial charge >= 0.3 is 6.18 Å². The van der Waals surface area contributed by atoms with Gasteiger partial charge in [-0.25, -0.2) is 13.8 Å². The van der Waals surface area contributed by atoms with Crippen molar-refractivity contribution >= 4 is 23.5 Å². The monoisotopic (exact) mass is 489 g/mol. The third-order valence-electron chi connectivity index (χ3n) is 5.80. The standard InChI is InChI=1S/C24H17F5N4O2/c1-34-13-5-6-15(17(9-13)24(27,28)29)20-10-14(35-32-20)11-33-8-7-19-21(12-33)31-23(30-19)16-3-2-4-18(25)22(16)26/h2-9,12,14-15H,1,10-11H2/p+1. The van der Waals surface area contributed by atoms with Gasteiger partial charge in [0.1, 0.15) is 16.9 Å². The third-order valence-corrected chi connectivity index (χ3v) is 5.80. The van der Waals surface area contributed by atoms with Gasteiger partial charge in [0, 0.05) is 12.5 Å². The minimum Gasteiger partial charge on any atom is -0.385 e. The van der Waals surface area contributed by atoms with E-state index in [1.165, 1.54) is 24.3 Å². The smallest absolute Gasteiger partial charge is 0.347 e. The number of benzene rings is 1. The molecule has 0 saturated carbocycles. The SMILES string of the molecule is C=[O+]C1=C[C-](C(F)(F)F)C(C2=NOC(C[n+]3ccc4nc(-c5cccc(F)c5F)[nH]c4c3)C2)C=C1. The summed E-state index contributed by atoms with van der Waals surface area (Å²) in [5, 5.41) is 3.92. The molecule has 3 heterocycles. The molecule has 11 heteroatoms. The van der Waals surface area contributed by atoms with E-state index >= 15 is 0 Å². The van der Waals surface area contributed by atoms with Gasteiger partial charge in [-0.15, -0.1) is 6.08 Å². The maximum atomic E-state index is 14.1. The van der Waals surface area contributed by atoms with E-state index in [1.54, 1.807) is 23.0 Å². The van der Waals surface area contributed by atoms with E-state index < -0.39 is 35.8 Å². The number of pyridine rings is 1. The molecular weight excluding hydrogens is 471 g/mol. The lowest BCUT2D eigenvalue weighted by Gasteiger charge is -2.33. The van der Waals surface area contributed by atoms with Gasteiger partial charge in [-0.2, -0.15) is 17.7 Å². The molecule has 1 N–H and O–H groups in total. The van der Waals surface area contributed by atoms with Crippen LogP contribution in [0.5, 0.6) is 0 Å². The molecule has 1 aliphatic carbocycles. The number of alkyl halides is 3. The number of oxime groups is 1. The minimum atomic E-state index is -4.57. The molecule has 35 heavy (non-hydrogen) atoms. The molecule has 0 saturated heterocycles. The molecule has 1 aromatic carbocycles. The van der Waals surface area contributed by atoms with Gasteiger partial charge in [0.2, 0.25) is 5.76 Å². The van der Waals surface area contributed by atoms with Crippen molar-refractivity contribution in [2.45, 2.75) is 25.2 Å². The number of rotatable bonds is 5. The summed E-state index contributed by atoms with van der Waals surface area (Å²) in [4.78, 5) is 12.7. The van der Waals surface area contributed by atoms with Crippen LogP contribution in [0.3, 0.4) is 0 Å². The van der Waals surface area contributed by atoms with Crippen molar-refractivity contribution < 1.29 is 35.8 Å². The second kappa shape index (κ2) is 8.64. The lowest BCUT2D eigenvalue weighted by Crippen LogP contribution is -2.40. The predicted octanol–water partition coefficient (Wildman–Crippen LogP) is 4.51. The first kappa shape index (κ1) is 22.8. The van der Waals surface area contributed by atoms with Crippen LogP contribution in [0, 0.1) is 23.5 Å². The highest BCUT2D eigenvalue weighted by atomic mass is 19.4. The summed E-state index contributed by atoms with van der Waals surface area (Å²) >= 11 is 0. The Morgan fingerprint density at radius 3 is 2.86 bits per heavy atom. The van der Waals surface area contributed by atoms with Gasteiger partial charge in [-0.3, -0.25) is 0 Å². The molecule has 2 aliphatic rings. The van der Waals surface area contributed by atoms with Crippen LogP contribution in [0.15, 0.2) is 65.8 Å². The van der Waals surface area contributed by atoms with Gasteiger partial charge in [-0.1, -0.05) is 23.2 Å². The third kappa shape index (κ3) is 4.41. The summed E-state index contributed by atoms with van der Waals surface area (Å²) in [6, 6.07) is 5.52. The van der Waals surface area contributed by atoms with Crippen molar-refractivity contribution in [3.8, 4) is 11.4 Å². The molecule has 180 valence electrons. The molecule has 1 aliphatic heterocycles. The number of aromatic nitrogens is 3. The lowest BCUT2D eigenvalue weighted by molar-refractivity contribution is -0.702. The number of hydrogen-bond donors (Lipinski definition) is 1. The Balaban J connectivity index is 1.31. The number of aromatic amines is 1. The number of hydrogen-bond acceptors (Lipinski definition) is 3. The molecular formula is C24H18F5N4O2+. The van der Waals surface area contributed by atoms with Crippen LogP contribution >= 0.6 is 0 Å². The number of nitrogens with one attached hydrogen (secondary N) is 1. The Hall–Kier alpha value is -4.02. The second-order valence-corrected chi connectivity index (χ2v) is 8.12. The van der Waals surface area contributed by atoms with E-state index in [-0.39, 0.29) is 29.3 Å². The highest BCUT2D eigenvalue weighted by Crippen LogP contribution is 2.41. The molecule has 2 atom stereocenters. The first-order valence-electron chi connectivity index (χ1n) is 10.5. The second-order valence-electron chi connectivity index (χ2n) is 8.12. The molecule has 0 fully saturated rings. The van der Waals surface area contributed by atoms with E-state index in [4.69, 9.17) is 4.84 Å². The number of halogens is 5. The summed E-state index contributed by atoms with van der Waals surface area (Å²) in [5.41, 5.74) is 1.36. The Labute approximate surface area is 195 Å². The number of H-pyrrole nitrogens is 1. The quantitative estimate of drug-likeness (QED) is 0.248. The average molecular weight is 489 g/mol. The molecule has 2 unspecified atom stereocenters. The zero-order valence-corrected chi connectivity index (χ0v) is 18.0. The Bertz CT molecular complexity index is 1390. The summed E-state index contributed by atoms with van der Waals surface area (Å²) in [7, 11) is 0. The minimum absolute atomic E-state index is 0.00337. The first-order chi connectivity index (χ1) is 16.7. The van der Waals surface area contributed by atoms with Gasteiger partial charge in [-0.05, 0) is 24.1 Å². The molecule has 3 aromatic rings. The van der Waals surface area contributed by atoms with Crippen molar-refractivity contribution in [2.75, 3.05) is 0 Å². The fourth-order valence-corrected chi connectivity index (χ4v) is 4.12. The normalized spacial score (nSPS) is 20.1. The summed E-state index contributed by atoms with van der Waals surface area (Å²) in [5.74, 6) is -3.68. The number of allylic oxidation sites excluding steroid dienone is 3. The molecule has 0 amide bonds. The van der Waals surface area contributed by atoms with Gasteiger partial charge in [0.05, 0.1) is 11.3 Å². The first-order valence-corrected chi connectivity index (χ1v) is 10.5. The molecule has 0 radical (unpaired) electrons. The number of carbonyl (C=O) groups excluding carboxylic acids is 1. The van der Waals surface area contributed by atoms with E-state index in [2.05, 4.69) is 26.3 Å². The zero-order valence-electron chi connectivity index (χ0n) is 18.0. The van der Waals surface area contributed by atoms with E-state index in [9.17, 15) is 22.0 Å². The molecule has 0 bridgehead atoms. The van der Waals surface area contributed by atoms with Crippen LogP contribution in [0.1, 0.15) is 6.42 Å². The van der Waals surface area contributed by atoms with E-state index in [1.807, 2.05) is 0 Å². The van der Waals surface area contributed by atoms with Crippen LogP contribution in [-0.2, 0) is 15.8 Å². The van der Waals surface area contributed by atoms with Crippen LogP contribution in [-0.4, -0.2) is 34.7 Å². The molecule has 2 aromatic heterocycles. The number of nitrogens with zero attached hydrogens (tertiary/aromatic N) is 3. The van der Waals surface area contributed by atoms with Gasteiger partial charge < -0.3 is 14.2 Å². The average Bonchev–Trinajstić information content (AvgIpc) is 3.46. The van der Waals surface area contributed by atoms with Gasteiger partial charge in [0.25, 0.3) is 6.79 Å². The Kier molecular flexibility index (Phi) is 5.62. The zero-order chi connectivity index (χ0) is 24.7. The van der Waals surface area contributed by atoms with Crippen LogP contribution in [0.25, 0.3) is 22.4 Å². The van der Waals surface area contributed by atoms with Crippen molar-refractivity contribution in [2.24, 2.45) is 11.1 Å². The lowest BCUT2D eigenvalue weighted by atomic mass is 9.82.